The van der Waals surface area contributed by atoms with Crippen molar-refractivity contribution in [2.75, 3.05) is 6.54 Å². The number of aliphatic hydroxyl groups excluding tert-OH is 1. The molecule has 2 aromatic carbocycles. The number of fused-ring (bicyclic) bond motifs is 1. The molecular formula is C23H28N2O. The minimum atomic E-state index is -0.452. The predicted octanol–water partition coefficient (Wildman–Crippen LogP) is 4.88. The topological polar surface area (TPSA) is 36.4 Å². The molecule has 1 atom stereocenters. The molecule has 3 heteroatoms. The number of nitrogens with zero attached hydrogens (tertiary/aromatic N) is 2. The van der Waals surface area contributed by atoms with E-state index in [1.165, 1.54) is 10.8 Å². The van der Waals surface area contributed by atoms with Crippen LogP contribution in [0.15, 0.2) is 60.7 Å². The molecule has 0 aliphatic carbocycles. The van der Waals surface area contributed by atoms with Crippen LogP contribution in [0.1, 0.15) is 43.3 Å². The van der Waals surface area contributed by atoms with E-state index in [9.17, 15) is 5.11 Å². The number of aryl methyl sites for hydroxylation is 1. The number of hydrogen-bond acceptors (Lipinski definition) is 3. The third-order valence-corrected chi connectivity index (χ3v) is 4.89. The molecule has 0 saturated carbocycles. The van der Waals surface area contributed by atoms with Crippen LogP contribution in [0.4, 0.5) is 0 Å². The molecule has 0 radical (unpaired) electrons. The normalized spacial score (nSPS) is 12.8. The maximum Gasteiger partial charge on any atom is 0.0802 e. The third kappa shape index (κ3) is 4.69. The lowest BCUT2D eigenvalue weighted by Gasteiger charge is -2.27. The molecule has 0 spiro atoms. The quantitative estimate of drug-likeness (QED) is 0.661. The average Bonchev–Trinajstić information content (AvgIpc) is 2.64. The van der Waals surface area contributed by atoms with Gasteiger partial charge < -0.3 is 5.11 Å². The van der Waals surface area contributed by atoms with Gasteiger partial charge in [-0.1, -0.05) is 42.5 Å². The minimum Gasteiger partial charge on any atom is -0.388 e. The highest BCUT2D eigenvalue weighted by Gasteiger charge is 2.15. The first-order valence-corrected chi connectivity index (χ1v) is 9.36. The smallest absolute Gasteiger partial charge is 0.0802 e. The Kier molecular flexibility index (Phi) is 6.02. The molecule has 3 nitrogen and oxygen atoms in total. The Hall–Kier alpha value is -2.23. The first-order valence-electron chi connectivity index (χ1n) is 9.36. The van der Waals surface area contributed by atoms with E-state index in [1.807, 2.05) is 31.2 Å². The Morgan fingerprint density at radius 3 is 2.46 bits per heavy atom. The Morgan fingerprint density at radius 1 is 0.962 bits per heavy atom. The van der Waals surface area contributed by atoms with Crippen LogP contribution in [0.3, 0.4) is 0 Å². The Balaban J connectivity index is 1.65. The van der Waals surface area contributed by atoms with Crippen molar-refractivity contribution in [3.05, 3.63) is 77.6 Å². The summed E-state index contributed by atoms with van der Waals surface area (Å²) in [7, 11) is 0. The molecule has 0 bridgehead atoms. The van der Waals surface area contributed by atoms with Crippen LogP contribution < -0.4 is 0 Å². The molecule has 1 heterocycles. The van der Waals surface area contributed by atoms with Crippen molar-refractivity contribution >= 4 is 10.8 Å². The van der Waals surface area contributed by atoms with Gasteiger partial charge in [0.15, 0.2) is 0 Å². The second-order valence-electron chi connectivity index (χ2n) is 7.25. The summed E-state index contributed by atoms with van der Waals surface area (Å²) in [5.41, 5.74) is 3.11. The Bertz CT molecular complexity index is 859. The van der Waals surface area contributed by atoms with Gasteiger partial charge in [-0.25, -0.2) is 0 Å². The molecule has 0 fully saturated rings. The van der Waals surface area contributed by atoms with Gasteiger partial charge in [-0.3, -0.25) is 9.88 Å². The Labute approximate surface area is 156 Å². The molecule has 0 amide bonds. The molecule has 136 valence electrons. The van der Waals surface area contributed by atoms with E-state index in [0.29, 0.717) is 12.5 Å². The molecule has 3 aromatic rings. The van der Waals surface area contributed by atoms with Crippen LogP contribution in [0.5, 0.6) is 0 Å². The van der Waals surface area contributed by atoms with Crippen LogP contribution in [0.25, 0.3) is 10.8 Å². The van der Waals surface area contributed by atoms with E-state index in [-0.39, 0.29) is 0 Å². The summed E-state index contributed by atoms with van der Waals surface area (Å²) >= 11 is 0. The van der Waals surface area contributed by atoms with Crippen LogP contribution in [-0.2, 0) is 6.54 Å². The summed E-state index contributed by atoms with van der Waals surface area (Å²) in [4.78, 5) is 6.98. The van der Waals surface area contributed by atoms with Crippen molar-refractivity contribution in [3.8, 4) is 0 Å². The summed E-state index contributed by atoms with van der Waals surface area (Å²) in [6.07, 6.45) is 0.258. The lowest BCUT2D eigenvalue weighted by atomic mass is 10.0. The summed E-state index contributed by atoms with van der Waals surface area (Å²) in [5, 5.41) is 13.1. The van der Waals surface area contributed by atoms with Crippen molar-refractivity contribution in [1.82, 2.24) is 9.88 Å². The van der Waals surface area contributed by atoms with Crippen LogP contribution >= 0.6 is 0 Å². The van der Waals surface area contributed by atoms with Crippen molar-refractivity contribution in [1.29, 1.82) is 0 Å². The highest BCUT2D eigenvalue weighted by Crippen LogP contribution is 2.23. The zero-order valence-electron chi connectivity index (χ0n) is 15.9. The van der Waals surface area contributed by atoms with Gasteiger partial charge in [0.05, 0.1) is 11.8 Å². The minimum absolute atomic E-state index is 0.404. The standard InChI is InChI=1S/C23H28N2O/c1-17(2)25(16-22-10-6-7-18(3)24-22)14-13-23(26)21-12-11-19-8-4-5-9-20(19)15-21/h4-12,15,17,23,26H,13-14,16H2,1-3H3. The van der Waals surface area contributed by atoms with Gasteiger partial charge in [-0.2, -0.15) is 0 Å². The number of aromatic nitrogens is 1. The lowest BCUT2D eigenvalue weighted by Crippen LogP contribution is -2.32. The fourth-order valence-corrected chi connectivity index (χ4v) is 3.29. The lowest BCUT2D eigenvalue weighted by molar-refractivity contribution is 0.126. The molecule has 0 saturated heterocycles. The molecule has 1 N–H and O–H groups in total. The van der Waals surface area contributed by atoms with E-state index < -0.39 is 6.10 Å². The number of hydrogen-bond donors (Lipinski definition) is 1. The number of rotatable bonds is 7. The van der Waals surface area contributed by atoms with Crippen LogP contribution in [-0.4, -0.2) is 27.6 Å². The van der Waals surface area contributed by atoms with Gasteiger partial charge in [0.2, 0.25) is 0 Å². The van der Waals surface area contributed by atoms with Crippen molar-refractivity contribution in [3.63, 3.8) is 0 Å². The van der Waals surface area contributed by atoms with Gasteiger partial charge in [-0.15, -0.1) is 0 Å². The second-order valence-corrected chi connectivity index (χ2v) is 7.25. The highest BCUT2D eigenvalue weighted by molar-refractivity contribution is 5.83. The first kappa shape index (κ1) is 18.6. The van der Waals surface area contributed by atoms with Crippen molar-refractivity contribution in [2.45, 2.75) is 45.9 Å². The largest absolute Gasteiger partial charge is 0.388 e. The maximum absolute atomic E-state index is 10.7. The van der Waals surface area contributed by atoms with E-state index in [4.69, 9.17) is 0 Å². The maximum atomic E-state index is 10.7. The zero-order chi connectivity index (χ0) is 18.5. The van der Waals surface area contributed by atoms with Crippen LogP contribution in [0.2, 0.25) is 0 Å². The number of benzene rings is 2. The average molecular weight is 348 g/mol. The molecule has 3 rings (SSSR count). The van der Waals surface area contributed by atoms with Gasteiger partial charge in [0.1, 0.15) is 0 Å². The van der Waals surface area contributed by atoms with E-state index in [1.54, 1.807) is 0 Å². The first-order chi connectivity index (χ1) is 12.5. The fourth-order valence-electron chi connectivity index (χ4n) is 3.29. The van der Waals surface area contributed by atoms with Gasteiger partial charge in [-0.05, 0) is 61.7 Å². The van der Waals surface area contributed by atoms with Crippen LogP contribution in [0, 0.1) is 6.92 Å². The molecule has 0 aliphatic heterocycles. The summed E-state index contributed by atoms with van der Waals surface area (Å²) in [6, 6.07) is 21.0. The van der Waals surface area contributed by atoms with Gasteiger partial charge >= 0.3 is 0 Å². The highest BCUT2D eigenvalue weighted by atomic mass is 16.3. The van der Waals surface area contributed by atoms with E-state index in [0.717, 1.165) is 30.0 Å². The van der Waals surface area contributed by atoms with Gasteiger partial charge in [0.25, 0.3) is 0 Å². The molecule has 0 aliphatic rings. The summed E-state index contributed by atoms with van der Waals surface area (Å²) in [5.74, 6) is 0. The van der Waals surface area contributed by atoms with Gasteiger partial charge in [0, 0.05) is 24.8 Å². The Morgan fingerprint density at radius 2 is 1.73 bits per heavy atom. The molecule has 1 aromatic heterocycles. The summed E-state index contributed by atoms with van der Waals surface area (Å²) < 4.78 is 0. The monoisotopic (exact) mass is 348 g/mol. The second kappa shape index (κ2) is 8.43. The SMILES string of the molecule is Cc1cccc(CN(CCC(O)c2ccc3ccccc3c2)C(C)C)n1. The molecular weight excluding hydrogens is 320 g/mol. The number of pyridine rings is 1. The van der Waals surface area contributed by atoms with E-state index in [2.05, 4.69) is 60.1 Å². The van der Waals surface area contributed by atoms with Crippen molar-refractivity contribution in [2.24, 2.45) is 0 Å². The molecule has 1 unspecified atom stereocenters. The predicted molar refractivity (Wildman–Crippen MR) is 108 cm³/mol. The molecule has 26 heavy (non-hydrogen) atoms. The fraction of sp³-hybridized carbons (Fsp3) is 0.348. The third-order valence-electron chi connectivity index (χ3n) is 4.89. The van der Waals surface area contributed by atoms with Crippen molar-refractivity contribution < 1.29 is 5.11 Å². The van der Waals surface area contributed by atoms with E-state index >= 15 is 0 Å². The number of aliphatic hydroxyl groups is 1. The zero-order valence-corrected chi connectivity index (χ0v) is 15.9. The summed E-state index contributed by atoms with van der Waals surface area (Å²) in [6.45, 7) is 8.05.